The molecule has 1 aliphatic rings. The second kappa shape index (κ2) is 4.77. The second-order valence-electron chi connectivity index (χ2n) is 3.73. The van der Waals surface area contributed by atoms with Crippen LogP contribution < -0.4 is 4.31 Å². The molecular formula is C11H16N2OS. The van der Waals surface area contributed by atoms with E-state index in [1.54, 1.807) is 24.3 Å². The van der Waals surface area contributed by atoms with Crippen LogP contribution in [0.15, 0.2) is 24.3 Å². The largest absolute Gasteiger partial charge is 0.508 e. The minimum absolute atomic E-state index is 0.318. The maximum Gasteiger partial charge on any atom is 0.115 e. The molecule has 1 aromatic carbocycles. The lowest BCUT2D eigenvalue weighted by Gasteiger charge is -2.23. The Bertz CT molecular complexity index is 309. The van der Waals surface area contributed by atoms with Crippen molar-refractivity contribution < 1.29 is 5.11 Å². The van der Waals surface area contributed by atoms with Crippen LogP contribution in [0.3, 0.4) is 0 Å². The third-order valence-electron chi connectivity index (χ3n) is 2.52. The molecule has 1 aliphatic heterocycles. The van der Waals surface area contributed by atoms with Gasteiger partial charge < -0.3 is 9.41 Å². The van der Waals surface area contributed by atoms with E-state index < -0.39 is 0 Å². The molecule has 0 radical (unpaired) electrons. The van der Waals surface area contributed by atoms with E-state index in [4.69, 9.17) is 0 Å². The van der Waals surface area contributed by atoms with Gasteiger partial charge in [-0.1, -0.05) is 0 Å². The maximum atomic E-state index is 9.19. The quantitative estimate of drug-likeness (QED) is 0.798. The van der Waals surface area contributed by atoms with Crippen LogP contribution >= 0.6 is 12.1 Å². The number of benzene rings is 1. The van der Waals surface area contributed by atoms with Crippen molar-refractivity contribution in [2.75, 3.05) is 24.4 Å². The minimum atomic E-state index is 0.318. The summed E-state index contributed by atoms with van der Waals surface area (Å²) in [5, 5.41) is 9.19. The maximum absolute atomic E-state index is 9.19. The standard InChI is InChI=1S/C11H16N2OS/c1-12(15-13-8-2-3-9-13)10-4-6-11(14)7-5-10/h4-7,14H,2-3,8-9H2,1H3. The number of phenolic OH excluding ortho intramolecular Hbond substituents is 1. The lowest BCUT2D eigenvalue weighted by Crippen LogP contribution is -2.19. The van der Waals surface area contributed by atoms with Crippen molar-refractivity contribution >= 4 is 17.8 Å². The first-order valence-corrected chi connectivity index (χ1v) is 5.94. The van der Waals surface area contributed by atoms with Crippen LogP contribution in [-0.2, 0) is 0 Å². The van der Waals surface area contributed by atoms with Gasteiger partial charge in [0.15, 0.2) is 0 Å². The molecule has 0 unspecified atom stereocenters. The number of hydrogen-bond donors (Lipinski definition) is 1. The van der Waals surface area contributed by atoms with Gasteiger partial charge in [0.05, 0.1) is 0 Å². The first-order chi connectivity index (χ1) is 7.25. The summed E-state index contributed by atoms with van der Waals surface area (Å²) in [6, 6.07) is 7.30. The van der Waals surface area contributed by atoms with Crippen LogP contribution in [0.5, 0.6) is 5.75 Å². The predicted octanol–water partition coefficient (Wildman–Crippen LogP) is 2.49. The molecule has 1 N–H and O–H groups in total. The van der Waals surface area contributed by atoms with E-state index >= 15 is 0 Å². The van der Waals surface area contributed by atoms with Gasteiger partial charge in [-0.05, 0) is 37.1 Å². The zero-order valence-electron chi connectivity index (χ0n) is 8.89. The SMILES string of the molecule is CN(SN1CCCC1)c1ccc(O)cc1. The predicted molar refractivity (Wildman–Crippen MR) is 64.9 cm³/mol. The third kappa shape index (κ3) is 2.79. The lowest BCUT2D eigenvalue weighted by molar-refractivity contribution is 0.475. The van der Waals surface area contributed by atoms with Crippen molar-refractivity contribution in [1.82, 2.24) is 4.31 Å². The van der Waals surface area contributed by atoms with E-state index in [1.807, 2.05) is 12.1 Å². The highest BCUT2D eigenvalue weighted by Crippen LogP contribution is 2.27. The Morgan fingerprint density at radius 3 is 2.40 bits per heavy atom. The Morgan fingerprint density at radius 2 is 1.80 bits per heavy atom. The third-order valence-corrected chi connectivity index (χ3v) is 3.57. The van der Waals surface area contributed by atoms with Gasteiger partial charge >= 0.3 is 0 Å². The summed E-state index contributed by atoms with van der Waals surface area (Å²) >= 11 is 1.75. The average Bonchev–Trinajstić information content (AvgIpc) is 2.71. The zero-order valence-corrected chi connectivity index (χ0v) is 9.70. The highest BCUT2D eigenvalue weighted by Gasteiger charge is 2.14. The highest BCUT2D eigenvalue weighted by molar-refractivity contribution is 7.98. The first-order valence-electron chi connectivity index (χ1n) is 5.21. The normalized spacial score (nSPS) is 16.9. The monoisotopic (exact) mass is 224 g/mol. The van der Waals surface area contributed by atoms with Gasteiger partial charge in [0.25, 0.3) is 0 Å². The summed E-state index contributed by atoms with van der Waals surface area (Å²) in [6.45, 7) is 2.35. The molecule has 2 rings (SSSR count). The van der Waals surface area contributed by atoms with Crippen molar-refractivity contribution in [2.45, 2.75) is 12.8 Å². The van der Waals surface area contributed by atoms with E-state index in [0.29, 0.717) is 5.75 Å². The van der Waals surface area contributed by atoms with Crippen molar-refractivity contribution in [1.29, 1.82) is 0 Å². The molecule has 82 valence electrons. The van der Waals surface area contributed by atoms with Crippen molar-refractivity contribution in [3.05, 3.63) is 24.3 Å². The smallest absolute Gasteiger partial charge is 0.115 e. The Morgan fingerprint density at radius 1 is 1.20 bits per heavy atom. The Balaban J connectivity index is 1.94. The van der Waals surface area contributed by atoms with E-state index in [2.05, 4.69) is 15.7 Å². The van der Waals surface area contributed by atoms with Crippen LogP contribution in [0.25, 0.3) is 0 Å². The number of anilines is 1. The van der Waals surface area contributed by atoms with Gasteiger partial charge in [-0.3, -0.25) is 0 Å². The first kappa shape index (κ1) is 10.6. The van der Waals surface area contributed by atoms with Crippen LogP contribution in [0.1, 0.15) is 12.8 Å². The fourth-order valence-electron chi connectivity index (χ4n) is 1.65. The summed E-state index contributed by atoms with van der Waals surface area (Å²) in [6.07, 6.45) is 2.60. The topological polar surface area (TPSA) is 26.7 Å². The lowest BCUT2D eigenvalue weighted by atomic mass is 10.3. The van der Waals surface area contributed by atoms with Crippen LogP contribution in [-0.4, -0.2) is 29.5 Å². The summed E-state index contributed by atoms with van der Waals surface area (Å²) in [5.41, 5.74) is 1.12. The molecule has 1 fully saturated rings. The van der Waals surface area contributed by atoms with Crippen LogP contribution in [0.4, 0.5) is 5.69 Å². The molecule has 0 atom stereocenters. The number of hydrogen-bond acceptors (Lipinski definition) is 4. The molecule has 0 amide bonds. The molecule has 0 saturated carbocycles. The Hall–Kier alpha value is -0.870. The van der Waals surface area contributed by atoms with E-state index in [0.717, 1.165) is 5.69 Å². The van der Waals surface area contributed by atoms with Crippen molar-refractivity contribution in [3.8, 4) is 5.75 Å². The second-order valence-corrected chi connectivity index (χ2v) is 4.96. The minimum Gasteiger partial charge on any atom is -0.508 e. The molecule has 1 saturated heterocycles. The van der Waals surface area contributed by atoms with Gasteiger partial charge in [-0.2, -0.15) is 0 Å². The van der Waals surface area contributed by atoms with Crippen molar-refractivity contribution in [2.24, 2.45) is 0 Å². The van der Waals surface area contributed by atoms with Gasteiger partial charge in [0.1, 0.15) is 5.75 Å². The molecule has 1 aromatic rings. The van der Waals surface area contributed by atoms with E-state index in [9.17, 15) is 5.11 Å². The number of aromatic hydroxyl groups is 1. The van der Waals surface area contributed by atoms with Gasteiger partial charge in [-0.15, -0.1) is 0 Å². The molecule has 4 heteroatoms. The number of rotatable bonds is 3. The Kier molecular flexibility index (Phi) is 3.38. The van der Waals surface area contributed by atoms with E-state index in [1.165, 1.54) is 25.9 Å². The van der Waals surface area contributed by atoms with Crippen LogP contribution in [0.2, 0.25) is 0 Å². The molecule has 15 heavy (non-hydrogen) atoms. The van der Waals surface area contributed by atoms with Gasteiger partial charge in [-0.25, -0.2) is 4.31 Å². The van der Waals surface area contributed by atoms with Crippen LogP contribution in [0, 0.1) is 0 Å². The molecular weight excluding hydrogens is 208 g/mol. The fourth-order valence-corrected chi connectivity index (χ4v) is 2.64. The summed E-state index contributed by atoms with van der Waals surface area (Å²) in [7, 11) is 2.05. The Labute approximate surface area is 95.0 Å². The van der Waals surface area contributed by atoms with Crippen molar-refractivity contribution in [3.63, 3.8) is 0 Å². The van der Waals surface area contributed by atoms with E-state index in [-0.39, 0.29) is 0 Å². The average molecular weight is 224 g/mol. The molecule has 3 nitrogen and oxygen atoms in total. The molecule has 0 aliphatic carbocycles. The summed E-state index contributed by atoms with van der Waals surface area (Å²) in [5.74, 6) is 0.318. The zero-order chi connectivity index (χ0) is 10.7. The fraction of sp³-hybridized carbons (Fsp3) is 0.455. The van der Waals surface area contributed by atoms with Gasteiger partial charge in [0.2, 0.25) is 0 Å². The molecule has 1 heterocycles. The summed E-state index contributed by atoms with van der Waals surface area (Å²) < 4.78 is 4.50. The molecule has 0 aromatic heterocycles. The summed E-state index contributed by atoms with van der Waals surface area (Å²) in [4.78, 5) is 0. The number of nitrogens with zero attached hydrogens (tertiary/aromatic N) is 2. The number of phenols is 1. The highest BCUT2D eigenvalue weighted by atomic mass is 32.2. The molecule has 0 spiro atoms. The molecule has 0 bridgehead atoms. The van der Waals surface area contributed by atoms with Gasteiger partial charge in [0, 0.05) is 38.0 Å².